The molecule has 2 heterocycles. The Morgan fingerprint density at radius 1 is 0.488 bits per heavy atom. The molecule has 0 aromatic carbocycles. The second kappa shape index (κ2) is 31.8. The number of carbonyl (C=O) groups excluding carboxylic acids is 12. The van der Waals surface area contributed by atoms with Gasteiger partial charge in [-0.3, -0.25) is 57.5 Å². The van der Waals surface area contributed by atoms with Crippen LogP contribution >= 0.6 is 0 Å². The van der Waals surface area contributed by atoms with Crippen molar-refractivity contribution in [2.24, 2.45) is 35.3 Å². The van der Waals surface area contributed by atoms with Crippen LogP contribution in [-0.2, 0) is 62.3 Å². The largest absolute Gasteiger partial charge is 0.480 e. The standard InChI is InChI=1S/C58H100N12O14/c1-18-32(8)42(50(78)64-43(33(9)19-2)51(79)68-58(16,17)55(84)70-26-22-24-40(70)49(77)65-44(52(80)81)34(10)20-3)63-48(76)39-23-21-25-69(39)54(83)57(14,15)67-47(75)37(28-31(6)7)61-45(73)36(27-30(4)5)60-46(74)38(29-41(59)72)62-53(82)56(12,13)66-35(11)71/h30-34,36-40,42-44H,18-29H2,1-17H3,(H2,59,72)(H,60,74)(H,61,73)(H,62,82)(H,63,76)(H,64,78)(H,65,77)(H,66,71)(H,67,75)(H,68,79)(H,80,81)/t32-,33-,34-,36-,37-,38-,39-,40-,42-,43-,44-/m0/s1. The Hall–Kier alpha value is -6.89. The van der Waals surface area contributed by atoms with E-state index in [-0.39, 0.29) is 56.5 Å². The minimum atomic E-state index is -1.67. The van der Waals surface area contributed by atoms with E-state index in [1.54, 1.807) is 41.5 Å². The lowest BCUT2D eigenvalue weighted by Gasteiger charge is -2.36. The maximum Gasteiger partial charge on any atom is 0.326 e. The van der Waals surface area contributed by atoms with Crippen molar-refractivity contribution in [1.29, 1.82) is 0 Å². The molecule has 2 rings (SSSR count). The van der Waals surface area contributed by atoms with Crippen molar-refractivity contribution >= 4 is 76.9 Å². The van der Waals surface area contributed by atoms with E-state index in [4.69, 9.17) is 5.73 Å². The summed E-state index contributed by atoms with van der Waals surface area (Å²) in [5.74, 6) is -11.5. The summed E-state index contributed by atoms with van der Waals surface area (Å²) in [6.07, 6.45) is 2.18. The van der Waals surface area contributed by atoms with Gasteiger partial charge in [-0.05, 0) is 110 Å². The van der Waals surface area contributed by atoms with Crippen molar-refractivity contribution in [3.05, 3.63) is 0 Å². The SMILES string of the molecule is CC[C@H](C)[C@H](NC(=O)[C@@H]1CCCN1C(=O)C(C)(C)NC(=O)[C@@H](NC(=O)[C@@H](NC(=O)[C@@H]1CCCN1C(=O)C(C)(C)NC(=O)[C@H](CC(C)C)NC(=O)[C@H](CC(C)C)NC(=O)[C@H](CC(N)=O)NC(=O)C(C)(C)NC(C)=O)[C@@H](C)CC)[C@@H](C)CC)C(=O)O. The molecular formula is C58H100N12O14. The summed E-state index contributed by atoms with van der Waals surface area (Å²) >= 11 is 0. The lowest BCUT2D eigenvalue weighted by molar-refractivity contribution is -0.147. The zero-order valence-electron chi connectivity index (χ0n) is 52.7. The van der Waals surface area contributed by atoms with Gasteiger partial charge in [0.1, 0.15) is 65.0 Å². The van der Waals surface area contributed by atoms with Gasteiger partial charge in [0, 0.05) is 20.0 Å². The number of primary amides is 1. The molecule has 2 aliphatic rings. The van der Waals surface area contributed by atoms with E-state index in [1.807, 2.05) is 27.7 Å². The Labute approximate surface area is 495 Å². The molecule has 84 heavy (non-hydrogen) atoms. The molecule has 476 valence electrons. The van der Waals surface area contributed by atoms with Gasteiger partial charge in [-0.15, -0.1) is 0 Å². The second-order valence-corrected chi connectivity index (χ2v) is 25.4. The second-order valence-electron chi connectivity index (χ2n) is 25.4. The Morgan fingerprint density at radius 3 is 1.26 bits per heavy atom. The van der Waals surface area contributed by atoms with Gasteiger partial charge in [-0.1, -0.05) is 88.5 Å². The number of nitrogens with two attached hydrogens (primary N) is 1. The summed E-state index contributed by atoms with van der Waals surface area (Å²) < 4.78 is 0. The molecule has 26 heteroatoms. The molecule has 26 nitrogen and oxygen atoms in total. The number of aliphatic carboxylic acids is 1. The minimum absolute atomic E-state index is 0.0566. The average molecular weight is 1190 g/mol. The van der Waals surface area contributed by atoms with E-state index in [9.17, 15) is 67.4 Å². The van der Waals surface area contributed by atoms with Crippen LogP contribution in [0.25, 0.3) is 0 Å². The first-order valence-corrected chi connectivity index (χ1v) is 29.7. The predicted octanol–water partition coefficient (Wildman–Crippen LogP) is 0.772. The zero-order chi connectivity index (χ0) is 64.5. The van der Waals surface area contributed by atoms with Gasteiger partial charge >= 0.3 is 5.97 Å². The summed E-state index contributed by atoms with van der Waals surface area (Å²) in [6, 6.07) is -9.69. The summed E-state index contributed by atoms with van der Waals surface area (Å²) in [6.45, 7) is 28.0. The molecule has 0 unspecified atom stereocenters. The summed E-state index contributed by atoms with van der Waals surface area (Å²) in [5, 5.41) is 33.8. The third-order valence-electron chi connectivity index (χ3n) is 15.7. The molecule has 12 N–H and O–H groups in total. The third kappa shape index (κ3) is 21.0. The Bertz CT molecular complexity index is 2410. The van der Waals surface area contributed by atoms with Gasteiger partial charge in [0.05, 0.1) is 6.42 Å². The molecule has 12 amide bonds. The van der Waals surface area contributed by atoms with E-state index in [0.29, 0.717) is 32.1 Å². The number of nitrogens with zero attached hydrogens (tertiary/aromatic N) is 2. The first-order chi connectivity index (χ1) is 38.8. The fourth-order valence-electron chi connectivity index (χ4n) is 10.2. The average Bonchev–Trinajstić information content (AvgIpc) is 3.98. The number of likely N-dealkylation sites (tertiary alicyclic amines) is 2. The molecule has 2 fully saturated rings. The van der Waals surface area contributed by atoms with Crippen LogP contribution < -0.4 is 53.6 Å². The molecule has 11 atom stereocenters. The molecule has 2 saturated heterocycles. The lowest BCUT2D eigenvalue weighted by atomic mass is 9.93. The zero-order valence-corrected chi connectivity index (χ0v) is 52.7. The quantitative estimate of drug-likeness (QED) is 0.0444. The number of carboxylic acid groups (broad SMARTS) is 1. The topological polar surface area (TPSA) is 383 Å². The van der Waals surface area contributed by atoms with Gasteiger partial charge < -0.3 is 68.5 Å². The third-order valence-corrected chi connectivity index (χ3v) is 15.7. The number of hydrogen-bond acceptors (Lipinski definition) is 13. The Morgan fingerprint density at radius 2 is 0.869 bits per heavy atom. The lowest BCUT2D eigenvalue weighted by Crippen LogP contribution is -2.64. The van der Waals surface area contributed by atoms with E-state index < -0.39 is 160 Å². The van der Waals surface area contributed by atoms with Crippen LogP contribution in [0.4, 0.5) is 0 Å². The van der Waals surface area contributed by atoms with Crippen LogP contribution in [0.2, 0.25) is 0 Å². The number of rotatable bonds is 32. The van der Waals surface area contributed by atoms with E-state index in [0.717, 1.165) is 0 Å². The molecule has 0 aliphatic carbocycles. The van der Waals surface area contributed by atoms with Crippen molar-refractivity contribution in [1.82, 2.24) is 57.7 Å². The van der Waals surface area contributed by atoms with Gasteiger partial charge in [-0.25, -0.2) is 4.79 Å². The van der Waals surface area contributed by atoms with Crippen LogP contribution in [0.5, 0.6) is 0 Å². The first-order valence-electron chi connectivity index (χ1n) is 29.7. The van der Waals surface area contributed by atoms with Crippen LogP contribution in [0.15, 0.2) is 0 Å². The summed E-state index contributed by atoms with van der Waals surface area (Å²) in [5.41, 5.74) is 0.667. The molecule has 0 saturated carbocycles. The van der Waals surface area contributed by atoms with E-state index >= 15 is 0 Å². The molecule has 0 radical (unpaired) electrons. The van der Waals surface area contributed by atoms with Crippen LogP contribution in [0.1, 0.15) is 182 Å². The Kier molecular flexibility index (Phi) is 27.8. The van der Waals surface area contributed by atoms with Gasteiger partial charge in [0.15, 0.2) is 0 Å². The molecular weight excluding hydrogens is 1090 g/mol. The number of carbonyl (C=O) groups is 13. The monoisotopic (exact) mass is 1190 g/mol. The molecule has 0 spiro atoms. The summed E-state index contributed by atoms with van der Waals surface area (Å²) in [4.78, 5) is 179. The highest BCUT2D eigenvalue weighted by molar-refractivity contribution is 6.01. The highest BCUT2D eigenvalue weighted by Crippen LogP contribution is 2.26. The van der Waals surface area contributed by atoms with Crippen molar-refractivity contribution < 1.29 is 67.4 Å². The van der Waals surface area contributed by atoms with Crippen molar-refractivity contribution in [2.75, 3.05) is 13.1 Å². The predicted molar refractivity (Wildman–Crippen MR) is 312 cm³/mol. The van der Waals surface area contributed by atoms with E-state index in [2.05, 4.69) is 47.9 Å². The number of carboxylic acids is 1. The number of amides is 12. The molecule has 2 aliphatic heterocycles. The van der Waals surface area contributed by atoms with Crippen LogP contribution in [0.3, 0.4) is 0 Å². The van der Waals surface area contributed by atoms with Gasteiger partial charge in [-0.2, -0.15) is 0 Å². The molecule has 0 aromatic heterocycles. The van der Waals surface area contributed by atoms with Gasteiger partial charge in [0.25, 0.3) is 0 Å². The summed E-state index contributed by atoms with van der Waals surface area (Å²) in [7, 11) is 0. The fourth-order valence-corrected chi connectivity index (χ4v) is 10.2. The van der Waals surface area contributed by atoms with E-state index in [1.165, 1.54) is 58.3 Å². The van der Waals surface area contributed by atoms with Crippen molar-refractivity contribution in [3.8, 4) is 0 Å². The highest BCUT2D eigenvalue weighted by atomic mass is 16.4. The van der Waals surface area contributed by atoms with Crippen LogP contribution in [-0.4, -0.2) is 170 Å². The highest BCUT2D eigenvalue weighted by Gasteiger charge is 2.47. The maximum absolute atomic E-state index is 14.5. The Balaban J connectivity index is 2.33. The van der Waals surface area contributed by atoms with Crippen molar-refractivity contribution in [3.63, 3.8) is 0 Å². The van der Waals surface area contributed by atoms with Gasteiger partial charge in [0.2, 0.25) is 70.9 Å². The molecule has 0 bridgehead atoms. The van der Waals surface area contributed by atoms with Crippen molar-refractivity contribution in [2.45, 2.75) is 247 Å². The molecule has 0 aromatic rings. The normalized spacial score (nSPS) is 18.8. The van der Waals surface area contributed by atoms with Crippen LogP contribution in [0, 0.1) is 29.6 Å². The number of hydrogen-bond donors (Lipinski definition) is 11. The fraction of sp³-hybridized carbons (Fsp3) is 0.776. The first kappa shape index (κ1) is 73.2. The maximum atomic E-state index is 14.5. The number of nitrogens with one attached hydrogen (secondary N) is 9. The smallest absolute Gasteiger partial charge is 0.326 e. The minimum Gasteiger partial charge on any atom is -0.480 e.